The van der Waals surface area contributed by atoms with Crippen molar-refractivity contribution in [3.05, 3.63) is 64.7 Å². The zero-order chi connectivity index (χ0) is 14.7. The van der Waals surface area contributed by atoms with Crippen LogP contribution in [0.4, 0.5) is 5.69 Å². The second-order valence-electron chi connectivity index (χ2n) is 4.91. The van der Waals surface area contributed by atoms with Gasteiger partial charge in [-0.15, -0.1) is 0 Å². The van der Waals surface area contributed by atoms with Crippen LogP contribution in [0.15, 0.2) is 42.5 Å². The van der Waals surface area contributed by atoms with Gasteiger partial charge >= 0.3 is 0 Å². The predicted molar refractivity (Wildman–Crippen MR) is 80.3 cm³/mol. The van der Waals surface area contributed by atoms with Crippen LogP contribution in [0.3, 0.4) is 0 Å². The molecule has 102 valence electrons. The van der Waals surface area contributed by atoms with E-state index in [0.29, 0.717) is 16.8 Å². The van der Waals surface area contributed by atoms with Crippen LogP contribution in [0.2, 0.25) is 0 Å². The lowest BCUT2D eigenvalue weighted by molar-refractivity contribution is 0.101. The van der Waals surface area contributed by atoms with Crippen LogP contribution in [0.1, 0.15) is 38.8 Å². The van der Waals surface area contributed by atoms with Gasteiger partial charge in [-0.3, -0.25) is 9.59 Å². The predicted octanol–water partition coefficient (Wildman–Crippen LogP) is 3.76. The van der Waals surface area contributed by atoms with Crippen LogP contribution in [-0.2, 0) is 0 Å². The van der Waals surface area contributed by atoms with Gasteiger partial charge in [-0.25, -0.2) is 0 Å². The van der Waals surface area contributed by atoms with Crippen molar-refractivity contribution >= 4 is 17.4 Å². The van der Waals surface area contributed by atoms with Gasteiger partial charge in [0.15, 0.2) is 5.78 Å². The number of amides is 1. The third-order valence-corrected chi connectivity index (χ3v) is 3.19. The Balaban J connectivity index is 2.19. The van der Waals surface area contributed by atoms with E-state index in [1.165, 1.54) is 6.92 Å². The van der Waals surface area contributed by atoms with Crippen molar-refractivity contribution in [1.29, 1.82) is 0 Å². The lowest BCUT2D eigenvalue weighted by Crippen LogP contribution is -2.13. The lowest BCUT2D eigenvalue weighted by Gasteiger charge is -2.09. The fourth-order valence-corrected chi connectivity index (χ4v) is 1.97. The number of hydrogen-bond acceptors (Lipinski definition) is 2. The Morgan fingerprint density at radius 1 is 0.950 bits per heavy atom. The highest BCUT2D eigenvalue weighted by Crippen LogP contribution is 2.15. The van der Waals surface area contributed by atoms with Gasteiger partial charge in [0.05, 0.1) is 0 Å². The first-order valence-electron chi connectivity index (χ1n) is 6.47. The van der Waals surface area contributed by atoms with Crippen molar-refractivity contribution in [2.45, 2.75) is 20.8 Å². The average Bonchev–Trinajstić information content (AvgIpc) is 2.42. The summed E-state index contributed by atoms with van der Waals surface area (Å²) in [6.07, 6.45) is 0. The third kappa shape index (κ3) is 3.12. The standard InChI is InChI=1S/C17H17NO2/c1-11-4-5-12(2)16(10-11)17(20)18-15-8-6-14(7-9-15)13(3)19/h4-10H,1-3H3,(H,18,20). The van der Waals surface area contributed by atoms with Crippen molar-refractivity contribution in [1.82, 2.24) is 0 Å². The van der Waals surface area contributed by atoms with E-state index in [0.717, 1.165) is 11.1 Å². The van der Waals surface area contributed by atoms with Crippen molar-refractivity contribution in [2.24, 2.45) is 0 Å². The molecular formula is C17H17NO2. The molecule has 0 saturated carbocycles. The zero-order valence-electron chi connectivity index (χ0n) is 11.9. The second kappa shape index (κ2) is 5.70. The molecule has 0 aromatic heterocycles. The lowest BCUT2D eigenvalue weighted by atomic mass is 10.0. The first kappa shape index (κ1) is 14.0. The number of carbonyl (C=O) groups is 2. The summed E-state index contributed by atoms with van der Waals surface area (Å²) < 4.78 is 0. The molecule has 0 aliphatic heterocycles. The normalized spacial score (nSPS) is 10.2. The Labute approximate surface area is 118 Å². The minimum atomic E-state index is -0.137. The van der Waals surface area contributed by atoms with Crippen LogP contribution in [0.25, 0.3) is 0 Å². The Bertz CT molecular complexity index is 657. The molecule has 0 unspecified atom stereocenters. The van der Waals surface area contributed by atoms with Crippen LogP contribution in [-0.4, -0.2) is 11.7 Å². The molecule has 1 N–H and O–H groups in total. The van der Waals surface area contributed by atoms with Crippen LogP contribution >= 0.6 is 0 Å². The van der Waals surface area contributed by atoms with Gasteiger partial charge in [0.2, 0.25) is 0 Å². The number of benzene rings is 2. The van der Waals surface area contributed by atoms with E-state index >= 15 is 0 Å². The van der Waals surface area contributed by atoms with Crippen LogP contribution in [0, 0.1) is 13.8 Å². The maximum Gasteiger partial charge on any atom is 0.255 e. The van der Waals surface area contributed by atoms with Gasteiger partial charge in [0, 0.05) is 16.8 Å². The van der Waals surface area contributed by atoms with Crippen molar-refractivity contribution in [2.75, 3.05) is 5.32 Å². The van der Waals surface area contributed by atoms with E-state index in [9.17, 15) is 9.59 Å². The fraction of sp³-hybridized carbons (Fsp3) is 0.176. The van der Waals surface area contributed by atoms with Gasteiger partial charge in [0.1, 0.15) is 0 Å². The summed E-state index contributed by atoms with van der Waals surface area (Å²) in [7, 11) is 0. The Hall–Kier alpha value is -2.42. The highest BCUT2D eigenvalue weighted by atomic mass is 16.1. The summed E-state index contributed by atoms with van der Waals surface area (Å²) in [6.45, 7) is 5.38. The molecule has 0 atom stereocenters. The molecule has 2 aromatic carbocycles. The van der Waals surface area contributed by atoms with E-state index in [1.807, 2.05) is 32.0 Å². The van der Waals surface area contributed by atoms with Crippen molar-refractivity contribution < 1.29 is 9.59 Å². The molecule has 0 saturated heterocycles. The van der Waals surface area contributed by atoms with Crippen LogP contribution in [0.5, 0.6) is 0 Å². The summed E-state index contributed by atoms with van der Waals surface area (Å²) in [5, 5.41) is 2.84. The Morgan fingerprint density at radius 3 is 2.20 bits per heavy atom. The summed E-state index contributed by atoms with van der Waals surface area (Å²) >= 11 is 0. The topological polar surface area (TPSA) is 46.2 Å². The molecule has 0 heterocycles. The van der Waals surface area contributed by atoms with E-state index in [2.05, 4.69) is 5.32 Å². The maximum absolute atomic E-state index is 12.2. The number of carbonyl (C=O) groups excluding carboxylic acids is 2. The summed E-state index contributed by atoms with van der Waals surface area (Å²) in [6, 6.07) is 12.7. The molecule has 0 radical (unpaired) electrons. The van der Waals surface area contributed by atoms with E-state index in [4.69, 9.17) is 0 Å². The number of hydrogen-bond donors (Lipinski definition) is 1. The molecule has 3 nitrogen and oxygen atoms in total. The quantitative estimate of drug-likeness (QED) is 0.861. The van der Waals surface area contributed by atoms with Gasteiger partial charge in [0.25, 0.3) is 5.91 Å². The molecule has 0 fully saturated rings. The first-order valence-corrected chi connectivity index (χ1v) is 6.47. The number of ketones is 1. The van der Waals surface area contributed by atoms with Crippen molar-refractivity contribution in [3.63, 3.8) is 0 Å². The monoisotopic (exact) mass is 267 g/mol. The fourth-order valence-electron chi connectivity index (χ4n) is 1.97. The molecule has 0 aliphatic carbocycles. The molecule has 0 aliphatic rings. The Morgan fingerprint density at radius 2 is 1.60 bits per heavy atom. The molecule has 0 bridgehead atoms. The van der Waals surface area contributed by atoms with Crippen LogP contribution < -0.4 is 5.32 Å². The minimum Gasteiger partial charge on any atom is -0.322 e. The summed E-state index contributed by atoms with van der Waals surface area (Å²) in [5.74, 6) is -0.126. The second-order valence-corrected chi connectivity index (χ2v) is 4.91. The number of rotatable bonds is 3. The number of nitrogens with one attached hydrogen (secondary N) is 1. The largest absolute Gasteiger partial charge is 0.322 e. The summed E-state index contributed by atoms with van der Waals surface area (Å²) in [4.78, 5) is 23.4. The first-order chi connectivity index (χ1) is 9.47. The van der Waals surface area contributed by atoms with E-state index in [1.54, 1.807) is 24.3 Å². The van der Waals surface area contributed by atoms with Gasteiger partial charge < -0.3 is 5.32 Å². The average molecular weight is 267 g/mol. The zero-order valence-corrected chi connectivity index (χ0v) is 11.9. The number of Topliss-reactive ketones (excluding diaryl/α,β-unsaturated/α-hetero) is 1. The number of aryl methyl sites for hydroxylation is 2. The van der Waals surface area contributed by atoms with Crippen molar-refractivity contribution in [3.8, 4) is 0 Å². The molecule has 2 aromatic rings. The molecule has 3 heteroatoms. The van der Waals surface area contributed by atoms with E-state index in [-0.39, 0.29) is 11.7 Å². The molecule has 2 rings (SSSR count). The van der Waals surface area contributed by atoms with E-state index < -0.39 is 0 Å². The molecule has 1 amide bonds. The van der Waals surface area contributed by atoms with Gasteiger partial charge in [-0.05, 0) is 56.7 Å². The highest BCUT2D eigenvalue weighted by molar-refractivity contribution is 6.05. The molecule has 0 spiro atoms. The SMILES string of the molecule is CC(=O)c1ccc(NC(=O)c2cc(C)ccc2C)cc1. The minimum absolute atomic E-state index is 0.0115. The van der Waals surface area contributed by atoms with Gasteiger partial charge in [-0.2, -0.15) is 0 Å². The molecular weight excluding hydrogens is 250 g/mol. The highest BCUT2D eigenvalue weighted by Gasteiger charge is 2.09. The maximum atomic E-state index is 12.2. The summed E-state index contributed by atoms with van der Waals surface area (Å²) in [5.41, 5.74) is 3.97. The number of anilines is 1. The molecule has 20 heavy (non-hydrogen) atoms. The smallest absolute Gasteiger partial charge is 0.255 e. The Kier molecular flexibility index (Phi) is 3.99. The van der Waals surface area contributed by atoms with Gasteiger partial charge in [-0.1, -0.05) is 17.7 Å². The third-order valence-electron chi connectivity index (χ3n) is 3.19.